The van der Waals surface area contributed by atoms with Crippen LogP contribution in [-0.2, 0) is 0 Å². The third kappa shape index (κ3) is 2.95. The molecule has 0 radical (unpaired) electrons. The maximum Gasteiger partial charge on any atom is 0.0866 e. The molecular weight excluding hydrogens is 178 g/mol. The van der Waals surface area contributed by atoms with Crippen molar-refractivity contribution in [1.82, 2.24) is 9.80 Å². The maximum absolute atomic E-state index is 9.43. The van der Waals surface area contributed by atoms with Crippen LogP contribution in [0.25, 0.3) is 0 Å². The van der Waals surface area contributed by atoms with Crippen LogP contribution >= 0.6 is 0 Å². The summed E-state index contributed by atoms with van der Waals surface area (Å²) >= 11 is 0. The molecule has 1 aliphatic rings. The summed E-state index contributed by atoms with van der Waals surface area (Å²) in [5.41, 5.74) is 0. The molecule has 0 amide bonds. The summed E-state index contributed by atoms with van der Waals surface area (Å²) in [6, 6.07) is 2.38. The van der Waals surface area contributed by atoms with Crippen molar-refractivity contribution in [3.05, 3.63) is 0 Å². The zero-order valence-corrected chi connectivity index (χ0v) is 8.98. The molecule has 14 heavy (non-hydrogen) atoms. The first-order chi connectivity index (χ1) is 6.65. The van der Waals surface area contributed by atoms with E-state index in [1.807, 2.05) is 13.8 Å². The highest BCUT2D eigenvalue weighted by molar-refractivity contribution is 4.83. The van der Waals surface area contributed by atoms with Crippen molar-refractivity contribution in [1.29, 1.82) is 5.26 Å². The lowest BCUT2D eigenvalue weighted by Crippen LogP contribution is -2.52. The fourth-order valence-electron chi connectivity index (χ4n) is 1.73. The van der Waals surface area contributed by atoms with E-state index in [0.29, 0.717) is 6.54 Å². The lowest BCUT2D eigenvalue weighted by atomic mass is 10.1. The van der Waals surface area contributed by atoms with E-state index in [2.05, 4.69) is 15.9 Å². The van der Waals surface area contributed by atoms with Gasteiger partial charge >= 0.3 is 0 Å². The average molecular weight is 197 g/mol. The van der Waals surface area contributed by atoms with Gasteiger partial charge in [0.1, 0.15) is 0 Å². The SMILES string of the molecule is CC(O)C(C)N1CCN(CC#N)CC1. The van der Waals surface area contributed by atoms with Crippen LogP contribution in [0.15, 0.2) is 0 Å². The third-order valence-corrected chi connectivity index (χ3v) is 2.98. The molecular formula is C10H19N3O. The Morgan fingerprint density at radius 1 is 1.29 bits per heavy atom. The highest BCUT2D eigenvalue weighted by Crippen LogP contribution is 2.08. The average Bonchev–Trinajstić information content (AvgIpc) is 2.18. The van der Waals surface area contributed by atoms with Gasteiger partial charge in [-0.05, 0) is 13.8 Å². The van der Waals surface area contributed by atoms with Crippen molar-refractivity contribution in [2.75, 3.05) is 32.7 Å². The molecule has 2 atom stereocenters. The van der Waals surface area contributed by atoms with E-state index in [4.69, 9.17) is 5.26 Å². The molecule has 1 heterocycles. The molecule has 0 aromatic rings. The molecule has 0 saturated carbocycles. The van der Waals surface area contributed by atoms with Crippen LogP contribution in [0.4, 0.5) is 0 Å². The van der Waals surface area contributed by atoms with Crippen LogP contribution in [0, 0.1) is 11.3 Å². The second kappa shape index (κ2) is 5.30. The number of hydrogen-bond donors (Lipinski definition) is 1. The van der Waals surface area contributed by atoms with Gasteiger partial charge in [0.15, 0.2) is 0 Å². The van der Waals surface area contributed by atoms with Crippen molar-refractivity contribution < 1.29 is 5.11 Å². The van der Waals surface area contributed by atoms with E-state index in [1.165, 1.54) is 0 Å². The summed E-state index contributed by atoms with van der Waals surface area (Å²) in [6.07, 6.45) is -0.280. The predicted molar refractivity (Wildman–Crippen MR) is 54.8 cm³/mol. The lowest BCUT2D eigenvalue weighted by molar-refractivity contribution is 0.0386. The second-order valence-electron chi connectivity index (χ2n) is 3.95. The number of nitrogens with zero attached hydrogens (tertiary/aromatic N) is 3. The first-order valence-electron chi connectivity index (χ1n) is 5.16. The maximum atomic E-state index is 9.43. The summed E-state index contributed by atoms with van der Waals surface area (Å²) < 4.78 is 0. The Morgan fingerprint density at radius 3 is 2.29 bits per heavy atom. The standard InChI is InChI=1S/C10H19N3O/c1-9(10(2)14)13-7-5-12(4-3-11)6-8-13/h9-10,14H,4-8H2,1-2H3. The van der Waals surface area contributed by atoms with E-state index in [1.54, 1.807) is 0 Å². The second-order valence-corrected chi connectivity index (χ2v) is 3.95. The van der Waals surface area contributed by atoms with Crippen molar-refractivity contribution in [2.45, 2.75) is 26.0 Å². The van der Waals surface area contributed by atoms with Crippen LogP contribution < -0.4 is 0 Å². The smallest absolute Gasteiger partial charge is 0.0866 e. The van der Waals surface area contributed by atoms with E-state index < -0.39 is 0 Å². The van der Waals surface area contributed by atoms with E-state index >= 15 is 0 Å². The largest absolute Gasteiger partial charge is 0.392 e. The van der Waals surface area contributed by atoms with Gasteiger partial charge in [-0.15, -0.1) is 0 Å². The van der Waals surface area contributed by atoms with Gasteiger partial charge in [0.2, 0.25) is 0 Å². The number of hydrogen-bond acceptors (Lipinski definition) is 4. The summed E-state index contributed by atoms with van der Waals surface area (Å²) in [5, 5.41) is 18.0. The molecule has 1 saturated heterocycles. The Bertz CT molecular complexity index is 204. The van der Waals surface area contributed by atoms with Crippen molar-refractivity contribution in [3.8, 4) is 6.07 Å². The highest BCUT2D eigenvalue weighted by Gasteiger charge is 2.22. The Kier molecular flexibility index (Phi) is 4.33. The van der Waals surface area contributed by atoms with Crippen LogP contribution in [0.5, 0.6) is 0 Å². The van der Waals surface area contributed by atoms with Gasteiger partial charge in [-0.2, -0.15) is 5.26 Å². The van der Waals surface area contributed by atoms with Gasteiger partial charge in [-0.3, -0.25) is 9.80 Å². The number of aliphatic hydroxyl groups is 1. The van der Waals surface area contributed by atoms with E-state index in [-0.39, 0.29) is 12.1 Å². The van der Waals surface area contributed by atoms with E-state index in [9.17, 15) is 5.11 Å². The monoisotopic (exact) mass is 197 g/mol. The summed E-state index contributed by atoms with van der Waals surface area (Å²) in [6.45, 7) is 8.17. The highest BCUT2D eigenvalue weighted by atomic mass is 16.3. The summed E-state index contributed by atoms with van der Waals surface area (Å²) in [7, 11) is 0. The van der Waals surface area contributed by atoms with Gasteiger partial charge in [-0.25, -0.2) is 0 Å². The topological polar surface area (TPSA) is 50.5 Å². The van der Waals surface area contributed by atoms with Gasteiger partial charge < -0.3 is 5.11 Å². The summed E-state index contributed by atoms with van der Waals surface area (Å²) in [5.74, 6) is 0. The van der Waals surface area contributed by atoms with Gasteiger partial charge in [0, 0.05) is 32.2 Å². The first kappa shape index (κ1) is 11.4. The van der Waals surface area contributed by atoms with Crippen molar-refractivity contribution in [3.63, 3.8) is 0 Å². The molecule has 1 N–H and O–H groups in total. The number of piperazine rings is 1. The fraction of sp³-hybridized carbons (Fsp3) is 0.900. The van der Waals surface area contributed by atoms with Gasteiger partial charge in [-0.1, -0.05) is 0 Å². The van der Waals surface area contributed by atoms with Gasteiger partial charge in [0.25, 0.3) is 0 Å². The van der Waals surface area contributed by atoms with Crippen LogP contribution in [-0.4, -0.2) is 59.8 Å². The quantitative estimate of drug-likeness (QED) is 0.642. The Hall–Kier alpha value is -0.630. The molecule has 0 bridgehead atoms. The zero-order valence-electron chi connectivity index (χ0n) is 8.98. The lowest BCUT2D eigenvalue weighted by Gasteiger charge is -2.38. The zero-order chi connectivity index (χ0) is 10.6. The normalized spacial score (nSPS) is 24.1. The molecule has 80 valence electrons. The first-order valence-corrected chi connectivity index (χ1v) is 5.16. The molecule has 0 spiro atoms. The number of aliphatic hydroxyl groups excluding tert-OH is 1. The third-order valence-electron chi connectivity index (χ3n) is 2.98. The molecule has 4 heteroatoms. The van der Waals surface area contributed by atoms with Crippen molar-refractivity contribution >= 4 is 0 Å². The predicted octanol–water partition coefficient (Wildman–Crippen LogP) is -0.103. The van der Waals surface area contributed by atoms with Crippen molar-refractivity contribution in [2.24, 2.45) is 0 Å². The number of nitriles is 1. The molecule has 0 aromatic carbocycles. The Morgan fingerprint density at radius 2 is 1.86 bits per heavy atom. The minimum atomic E-state index is -0.280. The fourth-order valence-corrected chi connectivity index (χ4v) is 1.73. The molecule has 4 nitrogen and oxygen atoms in total. The van der Waals surface area contributed by atoms with Gasteiger partial charge in [0.05, 0.1) is 18.7 Å². The van der Waals surface area contributed by atoms with Crippen LogP contribution in [0.1, 0.15) is 13.8 Å². The number of rotatable bonds is 3. The molecule has 1 aliphatic heterocycles. The minimum absolute atomic E-state index is 0.222. The molecule has 0 aromatic heterocycles. The minimum Gasteiger partial charge on any atom is -0.392 e. The summed E-state index contributed by atoms with van der Waals surface area (Å²) in [4.78, 5) is 4.42. The Labute approximate surface area is 85.7 Å². The van der Waals surface area contributed by atoms with Crippen LogP contribution in [0.3, 0.4) is 0 Å². The molecule has 1 rings (SSSR count). The molecule has 1 fully saturated rings. The van der Waals surface area contributed by atoms with Crippen LogP contribution in [0.2, 0.25) is 0 Å². The Balaban J connectivity index is 2.32. The molecule has 2 unspecified atom stereocenters. The van der Waals surface area contributed by atoms with E-state index in [0.717, 1.165) is 26.2 Å². The molecule has 0 aliphatic carbocycles.